The van der Waals surface area contributed by atoms with Gasteiger partial charge in [-0.1, -0.05) is 37.2 Å². The molecule has 1 amide bonds. The second-order valence-corrected chi connectivity index (χ2v) is 9.09. The van der Waals surface area contributed by atoms with E-state index in [1.54, 1.807) is 0 Å². The Hall–Kier alpha value is -2.77. The molecule has 0 saturated carbocycles. The number of nitrogens with zero attached hydrogens (tertiary/aromatic N) is 4. The molecule has 0 aliphatic carbocycles. The number of aromatic nitrogens is 2. The highest BCUT2D eigenvalue weighted by Gasteiger charge is 2.29. The predicted octanol–water partition coefficient (Wildman–Crippen LogP) is 3.73. The highest BCUT2D eigenvalue weighted by molar-refractivity contribution is 5.82. The quantitative estimate of drug-likeness (QED) is 0.562. The molecule has 4 rings (SSSR count). The average molecular weight is 437 g/mol. The van der Waals surface area contributed by atoms with Crippen molar-refractivity contribution >= 4 is 16.8 Å². The highest BCUT2D eigenvalue weighted by atomic mass is 16.5. The zero-order valence-corrected chi connectivity index (χ0v) is 19.4. The first kappa shape index (κ1) is 22.4. The number of benzene rings is 1. The van der Waals surface area contributed by atoms with Gasteiger partial charge in [0.1, 0.15) is 5.76 Å². The Morgan fingerprint density at radius 2 is 2.00 bits per heavy atom. The molecule has 0 radical (unpaired) electrons. The van der Waals surface area contributed by atoms with E-state index in [1.807, 2.05) is 49.2 Å². The second-order valence-electron chi connectivity index (χ2n) is 9.09. The van der Waals surface area contributed by atoms with Crippen LogP contribution in [0.15, 0.2) is 41.1 Å². The van der Waals surface area contributed by atoms with Crippen LogP contribution in [-0.2, 0) is 22.7 Å². The number of hydrogen-bond donors (Lipinski definition) is 0. The van der Waals surface area contributed by atoms with Gasteiger partial charge in [-0.15, -0.1) is 0 Å². The standard InChI is InChI=1S/C25H32N4O3/c1-17(2)11-29-14-21(31-16-23-18(3)27-32-19(23)4)13-28(15-25(29)30)12-20-9-10-26-24-8-6-5-7-22(20)24/h5-10,17,21H,11-16H2,1-4H3. The summed E-state index contributed by atoms with van der Waals surface area (Å²) in [4.78, 5) is 21.7. The molecule has 0 N–H and O–H groups in total. The van der Waals surface area contributed by atoms with Crippen molar-refractivity contribution < 1.29 is 14.1 Å². The number of amides is 1. The van der Waals surface area contributed by atoms with Crippen molar-refractivity contribution in [3.8, 4) is 0 Å². The molecular weight excluding hydrogens is 404 g/mol. The van der Waals surface area contributed by atoms with E-state index in [0.29, 0.717) is 38.7 Å². The number of aryl methyl sites for hydroxylation is 2. The van der Waals surface area contributed by atoms with Gasteiger partial charge in [-0.3, -0.25) is 14.7 Å². The first-order chi connectivity index (χ1) is 15.4. The van der Waals surface area contributed by atoms with Crippen LogP contribution >= 0.6 is 0 Å². The van der Waals surface area contributed by atoms with Gasteiger partial charge in [0, 0.05) is 43.3 Å². The molecule has 3 aromatic rings. The topological polar surface area (TPSA) is 71.7 Å². The number of hydrogen-bond acceptors (Lipinski definition) is 6. The molecule has 3 heterocycles. The molecular formula is C25H32N4O3. The molecule has 1 aromatic carbocycles. The Kier molecular flexibility index (Phi) is 6.86. The molecule has 7 nitrogen and oxygen atoms in total. The smallest absolute Gasteiger partial charge is 0.236 e. The second kappa shape index (κ2) is 9.79. The van der Waals surface area contributed by atoms with Crippen molar-refractivity contribution in [2.24, 2.45) is 5.92 Å². The summed E-state index contributed by atoms with van der Waals surface area (Å²) in [5.74, 6) is 1.34. The van der Waals surface area contributed by atoms with E-state index in [2.05, 4.69) is 35.0 Å². The van der Waals surface area contributed by atoms with E-state index in [9.17, 15) is 4.79 Å². The number of carbonyl (C=O) groups excluding carboxylic acids is 1. The molecule has 0 bridgehead atoms. The lowest BCUT2D eigenvalue weighted by molar-refractivity contribution is -0.132. The SMILES string of the molecule is Cc1noc(C)c1COC1CN(Cc2ccnc3ccccc23)CC(=O)N(CC(C)C)C1. The van der Waals surface area contributed by atoms with E-state index < -0.39 is 0 Å². The third-order valence-corrected chi connectivity index (χ3v) is 5.96. The maximum atomic E-state index is 13.1. The summed E-state index contributed by atoms with van der Waals surface area (Å²) < 4.78 is 11.6. The van der Waals surface area contributed by atoms with Crippen LogP contribution < -0.4 is 0 Å². The van der Waals surface area contributed by atoms with Gasteiger partial charge < -0.3 is 14.2 Å². The third-order valence-electron chi connectivity index (χ3n) is 5.96. The summed E-state index contributed by atoms with van der Waals surface area (Å²) in [6.07, 6.45) is 1.75. The Balaban J connectivity index is 1.54. The summed E-state index contributed by atoms with van der Waals surface area (Å²) in [6, 6.07) is 10.2. The first-order valence-electron chi connectivity index (χ1n) is 11.3. The molecule has 1 unspecified atom stereocenters. The lowest BCUT2D eigenvalue weighted by atomic mass is 10.1. The van der Waals surface area contributed by atoms with E-state index >= 15 is 0 Å². The molecule has 1 atom stereocenters. The van der Waals surface area contributed by atoms with E-state index in [1.165, 1.54) is 5.56 Å². The molecule has 1 aliphatic heterocycles. The van der Waals surface area contributed by atoms with Gasteiger partial charge in [-0.05, 0) is 37.5 Å². The van der Waals surface area contributed by atoms with Gasteiger partial charge in [0.2, 0.25) is 5.91 Å². The molecule has 1 aliphatic rings. The number of rotatable bonds is 7. The van der Waals surface area contributed by atoms with E-state index in [-0.39, 0.29) is 12.0 Å². The van der Waals surface area contributed by atoms with Crippen LogP contribution in [0.4, 0.5) is 0 Å². The van der Waals surface area contributed by atoms with E-state index in [0.717, 1.165) is 34.5 Å². The lowest BCUT2D eigenvalue weighted by Crippen LogP contribution is -2.40. The Bertz CT molecular complexity index is 1050. The molecule has 0 spiro atoms. The third kappa shape index (κ3) is 5.16. The first-order valence-corrected chi connectivity index (χ1v) is 11.3. The molecule has 1 fully saturated rings. The van der Waals surface area contributed by atoms with Crippen molar-refractivity contribution in [1.82, 2.24) is 19.9 Å². The summed E-state index contributed by atoms with van der Waals surface area (Å²) >= 11 is 0. The van der Waals surface area contributed by atoms with Crippen LogP contribution in [0.2, 0.25) is 0 Å². The van der Waals surface area contributed by atoms with Crippen molar-refractivity contribution in [3.63, 3.8) is 0 Å². The van der Waals surface area contributed by atoms with Gasteiger partial charge >= 0.3 is 0 Å². The Morgan fingerprint density at radius 3 is 2.75 bits per heavy atom. The van der Waals surface area contributed by atoms with Gasteiger partial charge in [-0.25, -0.2) is 0 Å². The molecule has 2 aromatic heterocycles. The zero-order chi connectivity index (χ0) is 22.7. The van der Waals surface area contributed by atoms with Crippen LogP contribution in [0, 0.1) is 19.8 Å². The maximum absolute atomic E-state index is 13.1. The lowest BCUT2D eigenvalue weighted by Gasteiger charge is -2.26. The maximum Gasteiger partial charge on any atom is 0.236 e. The largest absolute Gasteiger partial charge is 0.370 e. The number of carbonyl (C=O) groups is 1. The molecule has 7 heteroatoms. The summed E-state index contributed by atoms with van der Waals surface area (Å²) in [5, 5.41) is 5.15. The fourth-order valence-electron chi connectivity index (χ4n) is 4.34. The summed E-state index contributed by atoms with van der Waals surface area (Å²) in [5.41, 5.74) is 3.98. The van der Waals surface area contributed by atoms with Crippen LogP contribution in [0.25, 0.3) is 10.9 Å². The normalized spacial score (nSPS) is 18.0. The Labute approximate surface area is 189 Å². The van der Waals surface area contributed by atoms with Crippen molar-refractivity contribution in [3.05, 3.63) is 59.1 Å². The highest BCUT2D eigenvalue weighted by Crippen LogP contribution is 2.21. The minimum absolute atomic E-state index is 0.0954. The summed E-state index contributed by atoms with van der Waals surface area (Å²) in [6.45, 7) is 11.6. The monoisotopic (exact) mass is 436 g/mol. The van der Waals surface area contributed by atoms with Crippen molar-refractivity contribution in [2.75, 3.05) is 26.2 Å². The number of pyridine rings is 1. The zero-order valence-electron chi connectivity index (χ0n) is 19.4. The molecule has 170 valence electrons. The number of fused-ring (bicyclic) bond motifs is 1. The minimum atomic E-state index is -0.0954. The number of para-hydroxylation sites is 1. The fourth-order valence-corrected chi connectivity index (χ4v) is 4.34. The van der Waals surface area contributed by atoms with Crippen LogP contribution in [-0.4, -0.2) is 58.1 Å². The van der Waals surface area contributed by atoms with Crippen molar-refractivity contribution in [2.45, 2.75) is 47.0 Å². The molecule has 32 heavy (non-hydrogen) atoms. The van der Waals surface area contributed by atoms with Gasteiger partial charge in [0.25, 0.3) is 0 Å². The van der Waals surface area contributed by atoms with Gasteiger partial charge in [0.05, 0.1) is 30.5 Å². The fraction of sp³-hybridized carbons (Fsp3) is 0.480. The van der Waals surface area contributed by atoms with Crippen molar-refractivity contribution in [1.29, 1.82) is 0 Å². The number of ether oxygens (including phenoxy) is 1. The van der Waals surface area contributed by atoms with Gasteiger partial charge in [-0.2, -0.15) is 0 Å². The summed E-state index contributed by atoms with van der Waals surface area (Å²) in [7, 11) is 0. The van der Waals surface area contributed by atoms with Crippen LogP contribution in [0.1, 0.15) is 36.4 Å². The average Bonchev–Trinajstić information content (AvgIpc) is 3.00. The molecule has 1 saturated heterocycles. The van der Waals surface area contributed by atoms with Crippen LogP contribution in [0.3, 0.4) is 0 Å². The minimum Gasteiger partial charge on any atom is -0.370 e. The van der Waals surface area contributed by atoms with Gasteiger partial charge in [0.15, 0.2) is 0 Å². The Morgan fingerprint density at radius 1 is 1.19 bits per heavy atom. The van der Waals surface area contributed by atoms with Crippen LogP contribution in [0.5, 0.6) is 0 Å². The predicted molar refractivity (Wildman–Crippen MR) is 123 cm³/mol. The van der Waals surface area contributed by atoms with E-state index in [4.69, 9.17) is 9.26 Å².